The molecule has 0 saturated carbocycles. The summed E-state index contributed by atoms with van der Waals surface area (Å²) in [6.45, 7) is 0.862. The molecule has 10 heavy (non-hydrogen) atoms. The van der Waals surface area contributed by atoms with Gasteiger partial charge in [-0.15, -0.1) is 11.3 Å². The van der Waals surface area contributed by atoms with Gasteiger partial charge in [0.15, 0.2) is 0 Å². The summed E-state index contributed by atoms with van der Waals surface area (Å²) in [5.74, 6) is 0. The van der Waals surface area contributed by atoms with E-state index >= 15 is 0 Å². The highest BCUT2D eigenvalue weighted by Crippen LogP contribution is 2.21. The predicted octanol–water partition coefficient (Wildman–Crippen LogP) is 2.22. The molecule has 1 nitrogen and oxygen atoms in total. The summed E-state index contributed by atoms with van der Waals surface area (Å²) in [6, 6.07) is 4.20. The Bertz CT molecular complexity index is 269. The van der Waals surface area contributed by atoms with Gasteiger partial charge in [-0.3, -0.25) is 4.99 Å². The van der Waals surface area contributed by atoms with Gasteiger partial charge in [0.25, 0.3) is 0 Å². The van der Waals surface area contributed by atoms with Crippen molar-refractivity contribution in [2.45, 2.75) is 0 Å². The van der Waals surface area contributed by atoms with E-state index in [2.05, 4.69) is 28.6 Å². The minimum atomic E-state index is 0.862. The van der Waals surface area contributed by atoms with E-state index in [4.69, 9.17) is 0 Å². The molecule has 0 fully saturated rings. The maximum absolute atomic E-state index is 4.11. The average Bonchev–Trinajstić information content (AvgIpc) is 2.59. The number of hydrogen-bond donors (Lipinski definition) is 0. The fraction of sp³-hybridized carbons (Fsp3) is 0.125. The van der Waals surface area contributed by atoms with E-state index < -0.39 is 0 Å². The average molecular weight is 149 g/mol. The number of allylic oxidation sites excluding steroid dienone is 1. The summed E-state index contributed by atoms with van der Waals surface area (Å²) < 4.78 is 0. The lowest BCUT2D eigenvalue weighted by Crippen LogP contribution is -1.77. The largest absolute Gasteiger partial charge is 0.288 e. The van der Waals surface area contributed by atoms with E-state index in [1.54, 1.807) is 11.3 Å². The van der Waals surface area contributed by atoms with Gasteiger partial charge in [0.2, 0.25) is 0 Å². The molecule has 1 aromatic heterocycles. The molecule has 0 amide bonds. The smallest absolute Gasteiger partial charge is 0.0654 e. The van der Waals surface area contributed by atoms with Gasteiger partial charge in [0.05, 0.1) is 6.54 Å². The van der Waals surface area contributed by atoms with Crippen LogP contribution in [-0.2, 0) is 0 Å². The standard InChI is InChI=1S/C8H7NS/c1-2-8(10-5-1)7-3-4-9-6-7/h1-5H,6H2. The Balaban J connectivity index is 2.30. The highest BCUT2D eigenvalue weighted by atomic mass is 32.1. The third kappa shape index (κ3) is 0.907. The van der Waals surface area contributed by atoms with Crippen LogP contribution in [-0.4, -0.2) is 12.8 Å². The van der Waals surface area contributed by atoms with Gasteiger partial charge < -0.3 is 0 Å². The molecule has 0 N–H and O–H groups in total. The fourth-order valence-electron chi connectivity index (χ4n) is 0.968. The fourth-order valence-corrected chi connectivity index (χ4v) is 1.71. The van der Waals surface area contributed by atoms with E-state index in [9.17, 15) is 0 Å². The second kappa shape index (κ2) is 2.39. The number of thiophene rings is 1. The molecule has 1 aromatic rings. The lowest BCUT2D eigenvalue weighted by Gasteiger charge is -1.92. The van der Waals surface area contributed by atoms with Crippen LogP contribution in [0.5, 0.6) is 0 Å². The first-order valence-corrected chi connectivity index (χ1v) is 4.07. The van der Waals surface area contributed by atoms with Crippen LogP contribution in [0.2, 0.25) is 0 Å². The van der Waals surface area contributed by atoms with Crippen molar-refractivity contribution in [1.82, 2.24) is 0 Å². The Morgan fingerprint density at radius 1 is 1.50 bits per heavy atom. The van der Waals surface area contributed by atoms with Crippen molar-refractivity contribution in [2.75, 3.05) is 6.54 Å². The summed E-state index contributed by atoms with van der Waals surface area (Å²) in [7, 11) is 0. The zero-order chi connectivity index (χ0) is 6.81. The van der Waals surface area contributed by atoms with Crippen LogP contribution in [0.4, 0.5) is 0 Å². The van der Waals surface area contributed by atoms with E-state index in [1.165, 1.54) is 10.5 Å². The van der Waals surface area contributed by atoms with Gasteiger partial charge in [-0.25, -0.2) is 0 Å². The third-order valence-electron chi connectivity index (χ3n) is 1.48. The van der Waals surface area contributed by atoms with Gasteiger partial charge in [-0.2, -0.15) is 0 Å². The van der Waals surface area contributed by atoms with Crippen LogP contribution in [0.3, 0.4) is 0 Å². The van der Waals surface area contributed by atoms with Gasteiger partial charge in [0.1, 0.15) is 0 Å². The SMILES string of the molecule is C1=NCC(c2cccs2)=C1. The number of nitrogens with zero attached hydrogens (tertiary/aromatic N) is 1. The first kappa shape index (κ1) is 5.86. The van der Waals surface area contributed by atoms with Crippen molar-refractivity contribution in [3.63, 3.8) is 0 Å². The van der Waals surface area contributed by atoms with Gasteiger partial charge in [-0.1, -0.05) is 6.07 Å². The first-order chi connectivity index (χ1) is 4.97. The highest BCUT2D eigenvalue weighted by Gasteiger charge is 2.02. The summed E-state index contributed by atoms with van der Waals surface area (Å²) >= 11 is 1.77. The van der Waals surface area contributed by atoms with Crippen molar-refractivity contribution in [1.29, 1.82) is 0 Å². The Morgan fingerprint density at radius 2 is 2.50 bits per heavy atom. The first-order valence-electron chi connectivity index (χ1n) is 3.20. The van der Waals surface area contributed by atoms with E-state index in [0.29, 0.717) is 0 Å². The molecule has 0 aliphatic carbocycles. The van der Waals surface area contributed by atoms with Crippen molar-refractivity contribution in [3.05, 3.63) is 28.5 Å². The van der Waals surface area contributed by atoms with E-state index in [1.807, 2.05) is 6.21 Å². The molecule has 0 radical (unpaired) electrons. The summed E-state index contributed by atoms with van der Waals surface area (Å²) in [5, 5.41) is 2.09. The lowest BCUT2D eigenvalue weighted by atomic mass is 10.2. The Morgan fingerprint density at radius 3 is 3.10 bits per heavy atom. The summed E-state index contributed by atoms with van der Waals surface area (Å²) in [5.41, 5.74) is 1.34. The summed E-state index contributed by atoms with van der Waals surface area (Å²) in [4.78, 5) is 5.45. The number of hydrogen-bond acceptors (Lipinski definition) is 2. The quantitative estimate of drug-likeness (QED) is 0.580. The molecular weight excluding hydrogens is 142 g/mol. The van der Waals surface area contributed by atoms with Crippen molar-refractivity contribution >= 4 is 23.1 Å². The van der Waals surface area contributed by atoms with Crippen molar-refractivity contribution < 1.29 is 0 Å². The molecule has 0 aromatic carbocycles. The topological polar surface area (TPSA) is 12.4 Å². The molecule has 2 rings (SSSR count). The second-order valence-corrected chi connectivity index (χ2v) is 3.11. The molecule has 0 atom stereocenters. The van der Waals surface area contributed by atoms with Gasteiger partial charge >= 0.3 is 0 Å². The van der Waals surface area contributed by atoms with Gasteiger partial charge in [0, 0.05) is 11.1 Å². The minimum absolute atomic E-state index is 0.862. The molecule has 0 unspecified atom stereocenters. The van der Waals surface area contributed by atoms with E-state index in [0.717, 1.165) is 6.54 Å². The van der Waals surface area contributed by atoms with E-state index in [-0.39, 0.29) is 0 Å². The Labute approximate surface area is 63.7 Å². The highest BCUT2D eigenvalue weighted by molar-refractivity contribution is 7.11. The monoisotopic (exact) mass is 149 g/mol. The zero-order valence-electron chi connectivity index (χ0n) is 5.45. The van der Waals surface area contributed by atoms with Crippen LogP contribution in [0, 0.1) is 0 Å². The molecule has 0 bridgehead atoms. The molecule has 1 aliphatic rings. The van der Waals surface area contributed by atoms with Gasteiger partial charge in [-0.05, 0) is 23.1 Å². The number of rotatable bonds is 1. The molecule has 0 spiro atoms. The number of aliphatic imine (C=N–C) groups is 1. The maximum Gasteiger partial charge on any atom is 0.0654 e. The third-order valence-corrected chi connectivity index (χ3v) is 2.43. The molecule has 50 valence electrons. The molecule has 2 heteroatoms. The van der Waals surface area contributed by atoms with Crippen LogP contribution in [0.1, 0.15) is 4.88 Å². The Kier molecular flexibility index (Phi) is 1.40. The second-order valence-electron chi connectivity index (χ2n) is 2.16. The van der Waals surface area contributed by atoms with Crippen molar-refractivity contribution in [3.8, 4) is 0 Å². The molecule has 0 saturated heterocycles. The van der Waals surface area contributed by atoms with Crippen LogP contribution in [0.15, 0.2) is 28.6 Å². The van der Waals surface area contributed by atoms with Crippen LogP contribution in [0.25, 0.3) is 5.57 Å². The normalized spacial score (nSPS) is 15.8. The minimum Gasteiger partial charge on any atom is -0.288 e. The van der Waals surface area contributed by atoms with Crippen LogP contribution >= 0.6 is 11.3 Å². The van der Waals surface area contributed by atoms with Crippen molar-refractivity contribution in [2.24, 2.45) is 4.99 Å². The lowest BCUT2D eigenvalue weighted by molar-refractivity contribution is 1.31. The van der Waals surface area contributed by atoms with Crippen LogP contribution < -0.4 is 0 Å². The summed E-state index contributed by atoms with van der Waals surface area (Å²) in [6.07, 6.45) is 3.95. The predicted molar refractivity (Wildman–Crippen MR) is 45.7 cm³/mol. The maximum atomic E-state index is 4.11. The zero-order valence-corrected chi connectivity index (χ0v) is 6.27. The molecular formula is C8H7NS. The molecule has 1 aliphatic heterocycles. The molecule has 2 heterocycles. The Hall–Kier alpha value is -0.890.